The molecule has 0 saturated carbocycles. The van der Waals surface area contributed by atoms with Crippen molar-refractivity contribution in [2.45, 2.75) is 17.7 Å². The first kappa shape index (κ1) is 16.5. The zero-order chi connectivity index (χ0) is 16.6. The number of amides is 1. The molecule has 0 aromatic heterocycles. The lowest BCUT2D eigenvalue weighted by Gasteiger charge is -2.24. The highest BCUT2D eigenvalue weighted by atomic mass is 79.9. The summed E-state index contributed by atoms with van der Waals surface area (Å²) in [6, 6.07) is 8.96. The summed E-state index contributed by atoms with van der Waals surface area (Å²) in [7, 11) is -3.09. The molecule has 2 fully saturated rings. The minimum absolute atomic E-state index is 0.0443. The van der Waals surface area contributed by atoms with Crippen LogP contribution in [-0.4, -0.2) is 42.3 Å². The van der Waals surface area contributed by atoms with Crippen LogP contribution in [0.2, 0.25) is 0 Å². The minimum atomic E-state index is -3.09. The van der Waals surface area contributed by atoms with Crippen LogP contribution in [0, 0.1) is 11.3 Å². The van der Waals surface area contributed by atoms with Crippen LogP contribution in [-0.2, 0) is 14.6 Å². The van der Waals surface area contributed by atoms with Gasteiger partial charge < -0.3 is 4.90 Å². The number of amidine groups is 1. The Morgan fingerprint density at radius 2 is 2.26 bits per heavy atom. The molecule has 1 aromatic rings. The van der Waals surface area contributed by atoms with Crippen molar-refractivity contribution in [1.82, 2.24) is 0 Å². The highest BCUT2D eigenvalue weighted by molar-refractivity contribution is 9.10. The molecule has 2 aliphatic rings. The van der Waals surface area contributed by atoms with Gasteiger partial charge in [-0.25, -0.2) is 8.42 Å². The van der Waals surface area contributed by atoms with E-state index in [0.717, 1.165) is 10.2 Å². The fraction of sp³-hybridized carbons (Fsp3) is 0.357. The Morgan fingerprint density at radius 1 is 1.48 bits per heavy atom. The molecule has 0 radical (unpaired) electrons. The molecule has 2 heterocycles. The first-order valence-corrected chi connectivity index (χ1v) is 10.3. The Labute approximate surface area is 146 Å². The molecule has 1 amide bonds. The van der Waals surface area contributed by atoms with Crippen molar-refractivity contribution in [3.8, 4) is 6.07 Å². The Bertz CT molecular complexity index is 832. The predicted octanol–water partition coefficient (Wildman–Crippen LogP) is 1.96. The number of fused-ring (bicyclic) bond motifs is 1. The van der Waals surface area contributed by atoms with Crippen LogP contribution in [0.15, 0.2) is 33.7 Å². The second kappa shape index (κ2) is 6.26. The number of nitriles is 1. The van der Waals surface area contributed by atoms with Crippen LogP contribution >= 0.6 is 27.7 Å². The van der Waals surface area contributed by atoms with Crippen molar-refractivity contribution in [2.24, 2.45) is 4.99 Å². The van der Waals surface area contributed by atoms with Gasteiger partial charge in [0.25, 0.3) is 5.91 Å². The summed E-state index contributed by atoms with van der Waals surface area (Å²) in [5.74, 6) is -0.390. The van der Waals surface area contributed by atoms with Crippen molar-refractivity contribution < 1.29 is 13.2 Å². The first-order chi connectivity index (χ1) is 10.9. The van der Waals surface area contributed by atoms with E-state index in [1.165, 1.54) is 11.8 Å². The van der Waals surface area contributed by atoms with E-state index in [4.69, 9.17) is 5.26 Å². The van der Waals surface area contributed by atoms with Crippen LogP contribution in [0.25, 0.3) is 0 Å². The van der Waals surface area contributed by atoms with E-state index in [0.29, 0.717) is 5.17 Å². The van der Waals surface area contributed by atoms with Crippen LogP contribution in [0.3, 0.4) is 0 Å². The lowest BCUT2D eigenvalue weighted by molar-refractivity contribution is -0.116. The zero-order valence-electron chi connectivity index (χ0n) is 11.8. The van der Waals surface area contributed by atoms with Gasteiger partial charge in [0, 0.05) is 15.4 Å². The first-order valence-electron chi connectivity index (χ1n) is 6.80. The Morgan fingerprint density at radius 3 is 2.96 bits per heavy atom. The van der Waals surface area contributed by atoms with Gasteiger partial charge in [0.05, 0.1) is 23.6 Å². The van der Waals surface area contributed by atoms with Gasteiger partial charge in [0.1, 0.15) is 6.42 Å². The molecule has 0 N–H and O–H groups in total. The van der Waals surface area contributed by atoms with E-state index in [1.807, 2.05) is 24.3 Å². The maximum absolute atomic E-state index is 11.9. The van der Waals surface area contributed by atoms with Crippen molar-refractivity contribution in [1.29, 1.82) is 5.26 Å². The highest BCUT2D eigenvalue weighted by Gasteiger charge is 2.49. The van der Waals surface area contributed by atoms with Gasteiger partial charge in [-0.05, 0) is 18.2 Å². The Hall–Kier alpha value is -1.37. The standard InChI is InChI=1S/C14H12BrN3O3S2/c15-9-2-1-3-10(6-9)18-11-7-23(20,21)8-12(11)22-14(18)17-13(19)4-5-16/h1-3,6,11-12H,4,7-8H2/t11-,12-/m1/s1. The van der Waals surface area contributed by atoms with Gasteiger partial charge in [-0.2, -0.15) is 10.3 Å². The normalized spacial score (nSPS) is 27.0. The van der Waals surface area contributed by atoms with E-state index < -0.39 is 15.7 Å². The average molecular weight is 414 g/mol. The molecule has 2 aliphatic heterocycles. The number of benzene rings is 1. The molecule has 0 bridgehead atoms. The van der Waals surface area contributed by atoms with Crippen molar-refractivity contribution in [3.05, 3.63) is 28.7 Å². The van der Waals surface area contributed by atoms with Gasteiger partial charge in [-0.15, -0.1) is 0 Å². The number of hydrogen-bond acceptors (Lipinski definition) is 5. The molecule has 3 rings (SSSR count). The summed E-state index contributed by atoms with van der Waals surface area (Å²) in [5.41, 5.74) is 0.778. The van der Waals surface area contributed by atoms with Crippen LogP contribution in [0.1, 0.15) is 6.42 Å². The summed E-state index contributed by atoms with van der Waals surface area (Å²) < 4.78 is 24.7. The number of carbonyl (C=O) groups is 1. The van der Waals surface area contributed by atoms with E-state index in [2.05, 4.69) is 20.9 Å². The molecule has 9 heteroatoms. The number of thioether (sulfide) groups is 1. The molecule has 0 spiro atoms. The second-order valence-corrected chi connectivity index (χ2v) is 9.55. The van der Waals surface area contributed by atoms with Gasteiger partial charge in [0.2, 0.25) is 0 Å². The third-order valence-corrected chi connectivity index (χ3v) is 7.31. The fourth-order valence-electron chi connectivity index (χ4n) is 2.71. The third kappa shape index (κ3) is 3.44. The minimum Gasteiger partial charge on any atom is -0.316 e. The number of rotatable bonds is 2. The fourth-order valence-corrected chi connectivity index (χ4v) is 7.02. The second-order valence-electron chi connectivity index (χ2n) is 5.27. The van der Waals surface area contributed by atoms with Crippen molar-refractivity contribution in [3.63, 3.8) is 0 Å². The molecule has 6 nitrogen and oxygen atoms in total. The number of hydrogen-bond donors (Lipinski definition) is 0. The van der Waals surface area contributed by atoms with Crippen LogP contribution in [0.5, 0.6) is 0 Å². The SMILES string of the molecule is N#CCC(=O)N=C1S[C@@H]2CS(=O)(=O)C[C@H]2N1c1cccc(Br)c1. The molecule has 0 unspecified atom stereocenters. The number of aliphatic imine (C=N–C) groups is 1. The number of halogens is 1. The van der Waals surface area contributed by atoms with Gasteiger partial charge in [-0.3, -0.25) is 4.79 Å². The monoisotopic (exact) mass is 413 g/mol. The van der Waals surface area contributed by atoms with Gasteiger partial charge in [0.15, 0.2) is 15.0 Å². The number of anilines is 1. The van der Waals surface area contributed by atoms with E-state index in [9.17, 15) is 13.2 Å². The summed E-state index contributed by atoms with van der Waals surface area (Å²) in [5, 5.41) is 8.93. The molecule has 23 heavy (non-hydrogen) atoms. The number of nitrogens with zero attached hydrogens (tertiary/aromatic N) is 3. The van der Waals surface area contributed by atoms with Crippen LogP contribution < -0.4 is 4.90 Å². The number of sulfone groups is 1. The molecule has 0 aliphatic carbocycles. The summed E-state index contributed by atoms with van der Waals surface area (Å²) >= 11 is 4.70. The van der Waals surface area contributed by atoms with E-state index in [-0.39, 0.29) is 29.2 Å². The molecule has 1 aromatic carbocycles. The maximum atomic E-state index is 11.9. The molecular formula is C14H12BrN3O3S2. The maximum Gasteiger partial charge on any atom is 0.262 e. The van der Waals surface area contributed by atoms with Crippen molar-refractivity contribution >= 4 is 54.3 Å². The summed E-state index contributed by atoms with van der Waals surface area (Å²) in [6.07, 6.45) is -0.288. The lowest BCUT2D eigenvalue weighted by atomic mass is 10.2. The Balaban J connectivity index is 2.01. The largest absolute Gasteiger partial charge is 0.316 e. The quantitative estimate of drug-likeness (QED) is 0.735. The average Bonchev–Trinajstić information content (AvgIpc) is 2.89. The lowest BCUT2D eigenvalue weighted by Crippen LogP contribution is -2.37. The van der Waals surface area contributed by atoms with E-state index >= 15 is 0 Å². The summed E-state index contributed by atoms with van der Waals surface area (Å²) in [6.45, 7) is 0. The molecular weight excluding hydrogens is 402 g/mol. The summed E-state index contributed by atoms with van der Waals surface area (Å²) in [4.78, 5) is 17.5. The highest BCUT2D eigenvalue weighted by Crippen LogP contribution is 2.41. The predicted molar refractivity (Wildman–Crippen MR) is 93.1 cm³/mol. The molecule has 2 atom stereocenters. The number of carbonyl (C=O) groups excluding carboxylic acids is 1. The third-order valence-electron chi connectivity index (χ3n) is 3.60. The smallest absolute Gasteiger partial charge is 0.262 e. The van der Waals surface area contributed by atoms with Crippen LogP contribution in [0.4, 0.5) is 5.69 Å². The molecule has 2 saturated heterocycles. The van der Waals surface area contributed by atoms with Crippen molar-refractivity contribution in [2.75, 3.05) is 16.4 Å². The van der Waals surface area contributed by atoms with Gasteiger partial charge in [-0.1, -0.05) is 33.8 Å². The Kier molecular flexibility index (Phi) is 4.49. The van der Waals surface area contributed by atoms with Gasteiger partial charge >= 0.3 is 0 Å². The van der Waals surface area contributed by atoms with E-state index in [1.54, 1.807) is 11.0 Å². The molecule has 120 valence electrons. The topological polar surface area (TPSA) is 90.6 Å². The zero-order valence-corrected chi connectivity index (χ0v) is 15.1.